The Labute approximate surface area is 283 Å². The third-order valence-electron chi connectivity index (χ3n) is 9.17. The van der Waals surface area contributed by atoms with Crippen LogP contribution in [0.4, 0.5) is 34.5 Å². The normalized spacial score (nSPS) is 17.5. The number of hydrogen-bond acceptors (Lipinski definition) is 12. The van der Waals surface area contributed by atoms with Crippen molar-refractivity contribution >= 4 is 50.6 Å². The summed E-state index contributed by atoms with van der Waals surface area (Å²) in [4.78, 5) is 16.9. The van der Waals surface area contributed by atoms with Crippen molar-refractivity contribution in [2.24, 2.45) is 0 Å². The topological polar surface area (TPSA) is 133 Å². The van der Waals surface area contributed by atoms with E-state index >= 15 is 0 Å². The predicted molar refractivity (Wildman–Crippen MR) is 191 cm³/mol. The second kappa shape index (κ2) is 14.5. The Hall–Kier alpha value is -4.27. The number of nitrogens with one attached hydrogen (secondary N) is 3. The van der Waals surface area contributed by atoms with Gasteiger partial charge in [0.2, 0.25) is 16.0 Å². The number of rotatable bonds is 11. The van der Waals surface area contributed by atoms with Gasteiger partial charge in [-0.2, -0.15) is 4.98 Å². The van der Waals surface area contributed by atoms with E-state index in [1.165, 1.54) is 11.3 Å². The van der Waals surface area contributed by atoms with Gasteiger partial charge >= 0.3 is 0 Å². The van der Waals surface area contributed by atoms with Crippen LogP contribution in [0.2, 0.25) is 0 Å². The lowest BCUT2D eigenvalue weighted by molar-refractivity contribution is 0.0982. The molecule has 0 unspecified atom stereocenters. The van der Waals surface area contributed by atoms with E-state index < -0.39 is 10.0 Å². The zero-order chi connectivity index (χ0) is 33.8. The van der Waals surface area contributed by atoms with Crippen molar-refractivity contribution in [2.75, 3.05) is 93.2 Å². The van der Waals surface area contributed by atoms with Gasteiger partial charge in [-0.3, -0.25) is 9.62 Å². The first-order valence-electron chi connectivity index (χ1n) is 16.5. The van der Waals surface area contributed by atoms with Crippen molar-refractivity contribution in [1.29, 1.82) is 0 Å². The van der Waals surface area contributed by atoms with Crippen LogP contribution in [-0.2, 0) is 16.4 Å². The molecule has 0 saturated carbocycles. The van der Waals surface area contributed by atoms with Gasteiger partial charge in [0.25, 0.3) is 0 Å². The van der Waals surface area contributed by atoms with Gasteiger partial charge in [-0.25, -0.2) is 13.4 Å². The van der Waals surface area contributed by atoms with Crippen molar-refractivity contribution in [3.8, 4) is 17.2 Å². The Kier molecular flexibility index (Phi) is 10.1. The molecule has 4 heterocycles. The van der Waals surface area contributed by atoms with Crippen LogP contribution in [0.3, 0.4) is 0 Å². The average molecular weight is 679 g/mol. The Morgan fingerprint density at radius 2 is 1.79 bits per heavy atom. The fourth-order valence-electron chi connectivity index (χ4n) is 6.57. The molecule has 0 bridgehead atoms. The quantitative estimate of drug-likeness (QED) is 0.263. The van der Waals surface area contributed by atoms with E-state index in [0.717, 1.165) is 70.5 Å². The van der Waals surface area contributed by atoms with Crippen LogP contribution < -0.4 is 34.5 Å². The number of ether oxygens (including phenoxy) is 3. The Morgan fingerprint density at radius 3 is 2.48 bits per heavy atom. The Balaban J connectivity index is 1.23. The minimum atomic E-state index is -3.64. The molecule has 1 aromatic heterocycles. The highest BCUT2D eigenvalue weighted by Gasteiger charge is 2.28. The first-order valence-corrected chi connectivity index (χ1v) is 18.4. The summed E-state index contributed by atoms with van der Waals surface area (Å²) >= 11 is 0. The van der Waals surface area contributed by atoms with Crippen molar-refractivity contribution in [2.45, 2.75) is 32.2 Å². The van der Waals surface area contributed by atoms with E-state index in [1.54, 1.807) is 31.5 Å². The van der Waals surface area contributed by atoms with Crippen LogP contribution in [0.15, 0.2) is 37.0 Å². The molecule has 0 amide bonds. The summed E-state index contributed by atoms with van der Waals surface area (Å²) in [5, 5.41) is 6.61. The summed E-state index contributed by atoms with van der Waals surface area (Å²) in [5.41, 5.74) is 4.45. The zero-order valence-corrected chi connectivity index (χ0v) is 29.0. The molecular weight excluding hydrogens is 632 g/mol. The number of piperidine rings is 1. The van der Waals surface area contributed by atoms with Gasteiger partial charge < -0.3 is 34.6 Å². The molecule has 2 aromatic carbocycles. The van der Waals surface area contributed by atoms with Crippen LogP contribution in [0.5, 0.6) is 17.2 Å². The summed E-state index contributed by atoms with van der Waals surface area (Å²) in [6.45, 7) is 13.4. The fraction of sp³-hybridized carbons (Fsp3) is 0.471. The van der Waals surface area contributed by atoms with Crippen LogP contribution in [-0.4, -0.2) is 107 Å². The summed E-state index contributed by atoms with van der Waals surface area (Å²) in [6, 6.07) is 8.32. The molecule has 3 aliphatic rings. The molecule has 48 heavy (non-hydrogen) atoms. The van der Waals surface area contributed by atoms with Gasteiger partial charge in [-0.1, -0.05) is 19.6 Å². The van der Waals surface area contributed by atoms with Crippen LogP contribution in [0.25, 0.3) is 6.08 Å². The molecule has 2 fully saturated rings. The maximum atomic E-state index is 12.3. The highest BCUT2D eigenvalue weighted by molar-refractivity contribution is 7.92. The third-order valence-corrected chi connectivity index (χ3v) is 9.75. The van der Waals surface area contributed by atoms with Gasteiger partial charge in [0.05, 0.1) is 24.7 Å². The molecule has 3 aromatic rings. The standard InChI is InChI=1S/C34H46N8O5S/c1-6-23-20-27(30(45-4)21-28(23)42-12-10-25(11-13-42)41-16-14-40(3)15-17-41)37-34-35-22-24(7-2)33(38-34)36-26-8-9-29-32(47-19-18-46-29)31(26)39-48(5,43)44/h7-9,20-22,25,39H,2,6,10-19H2,1,3-5H3,(H2,35,36,37,38). The molecule has 13 nitrogen and oxygen atoms in total. The lowest BCUT2D eigenvalue weighted by atomic mass is 9.99. The first-order chi connectivity index (χ1) is 23.1. The highest BCUT2D eigenvalue weighted by atomic mass is 32.2. The molecule has 258 valence electrons. The molecule has 0 atom stereocenters. The molecule has 0 radical (unpaired) electrons. The third kappa shape index (κ3) is 7.55. The number of likely N-dealkylation sites (N-methyl/N-ethyl adjacent to an activating group) is 1. The zero-order valence-electron chi connectivity index (χ0n) is 28.2. The van der Waals surface area contributed by atoms with Crippen molar-refractivity contribution in [3.63, 3.8) is 0 Å². The van der Waals surface area contributed by atoms with Crippen molar-refractivity contribution in [3.05, 3.63) is 48.2 Å². The van der Waals surface area contributed by atoms with Gasteiger partial charge in [0.15, 0.2) is 11.5 Å². The minimum Gasteiger partial charge on any atom is -0.494 e. The summed E-state index contributed by atoms with van der Waals surface area (Å²) in [6.07, 6.45) is 7.53. The first kappa shape index (κ1) is 33.6. The maximum absolute atomic E-state index is 12.3. The molecule has 3 aliphatic heterocycles. The van der Waals surface area contributed by atoms with Gasteiger partial charge in [0.1, 0.15) is 30.5 Å². The van der Waals surface area contributed by atoms with Gasteiger partial charge in [-0.05, 0) is 50.1 Å². The Bertz CT molecular complexity index is 1740. The second-order valence-corrected chi connectivity index (χ2v) is 14.2. The summed E-state index contributed by atoms with van der Waals surface area (Å²) in [5.74, 6) is 2.21. The number of hydrogen-bond donors (Lipinski definition) is 3. The number of fused-ring (bicyclic) bond motifs is 1. The van der Waals surface area contributed by atoms with E-state index in [9.17, 15) is 8.42 Å². The van der Waals surface area contributed by atoms with Gasteiger partial charge in [-0.15, -0.1) is 0 Å². The number of benzene rings is 2. The molecule has 6 rings (SSSR count). The van der Waals surface area contributed by atoms with Crippen LogP contribution in [0, 0.1) is 0 Å². The number of nitrogens with zero attached hydrogens (tertiary/aromatic N) is 5. The molecule has 2 saturated heterocycles. The second-order valence-electron chi connectivity index (χ2n) is 12.4. The smallest absolute Gasteiger partial charge is 0.230 e. The maximum Gasteiger partial charge on any atom is 0.230 e. The SMILES string of the molecule is C=Cc1cnc(Nc2cc(CC)c(N3CCC(N4CCN(C)CC4)CC3)cc2OC)nc1Nc1ccc2c(c1NS(C)(=O)=O)OCCO2. The van der Waals surface area contributed by atoms with E-state index in [4.69, 9.17) is 19.2 Å². The lowest BCUT2D eigenvalue weighted by Crippen LogP contribution is -2.52. The Morgan fingerprint density at radius 1 is 1.04 bits per heavy atom. The lowest BCUT2D eigenvalue weighted by Gasteiger charge is -2.43. The fourth-order valence-corrected chi connectivity index (χ4v) is 7.15. The summed E-state index contributed by atoms with van der Waals surface area (Å²) < 4.78 is 44.5. The van der Waals surface area contributed by atoms with E-state index in [1.807, 2.05) is 0 Å². The van der Waals surface area contributed by atoms with E-state index in [2.05, 4.69) is 67.7 Å². The number of methoxy groups -OCH3 is 1. The highest BCUT2D eigenvalue weighted by Crippen LogP contribution is 2.44. The number of piperazine rings is 1. The summed E-state index contributed by atoms with van der Waals surface area (Å²) in [7, 11) is 0.235. The largest absolute Gasteiger partial charge is 0.494 e. The van der Waals surface area contributed by atoms with Gasteiger partial charge in [0, 0.05) is 68.8 Å². The molecular formula is C34H46N8O5S. The molecule has 3 N–H and O–H groups in total. The van der Waals surface area contributed by atoms with Crippen molar-refractivity contribution in [1.82, 2.24) is 19.8 Å². The number of anilines is 6. The average Bonchev–Trinajstić information content (AvgIpc) is 3.09. The predicted octanol–water partition coefficient (Wildman–Crippen LogP) is 4.54. The van der Waals surface area contributed by atoms with Crippen molar-refractivity contribution < 1.29 is 22.6 Å². The molecule has 14 heteroatoms. The van der Waals surface area contributed by atoms with E-state index in [0.29, 0.717) is 59.5 Å². The number of sulfonamides is 1. The number of aryl methyl sites for hydroxylation is 1. The minimum absolute atomic E-state index is 0.232. The number of aromatic nitrogens is 2. The molecule has 0 spiro atoms. The van der Waals surface area contributed by atoms with Crippen LogP contribution >= 0.6 is 0 Å². The van der Waals surface area contributed by atoms with Crippen LogP contribution in [0.1, 0.15) is 30.9 Å². The van der Waals surface area contributed by atoms with E-state index in [-0.39, 0.29) is 5.69 Å². The monoisotopic (exact) mass is 678 g/mol. The molecule has 0 aliphatic carbocycles.